The van der Waals surface area contributed by atoms with Crippen molar-refractivity contribution in [3.63, 3.8) is 0 Å². The molecule has 0 bridgehead atoms. The maximum atomic E-state index is 5.92. The van der Waals surface area contributed by atoms with Crippen LogP contribution in [0.3, 0.4) is 0 Å². The van der Waals surface area contributed by atoms with E-state index in [2.05, 4.69) is 34.6 Å². The number of thiophene rings is 1. The molecule has 3 nitrogen and oxygen atoms in total. The fourth-order valence-electron chi connectivity index (χ4n) is 1.56. The van der Waals surface area contributed by atoms with Crippen LogP contribution in [0.25, 0.3) is 0 Å². The quantitative estimate of drug-likeness (QED) is 0.874. The Kier molecular flexibility index (Phi) is 4.65. The molecule has 0 saturated carbocycles. The van der Waals surface area contributed by atoms with Gasteiger partial charge >= 0.3 is 0 Å². The van der Waals surface area contributed by atoms with E-state index in [0.717, 1.165) is 35.7 Å². The lowest BCUT2D eigenvalue weighted by atomic mass is 10.2. The maximum absolute atomic E-state index is 5.92. The van der Waals surface area contributed by atoms with E-state index in [-0.39, 0.29) is 6.04 Å². The fourth-order valence-corrected chi connectivity index (χ4v) is 3.28. The first-order valence-corrected chi connectivity index (χ1v) is 7.59. The summed E-state index contributed by atoms with van der Waals surface area (Å²) in [4.78, 5) is 1.44. The minimum atomic E-state index is 0.0542. The summed E-state index contributed by atoms with van der Waals surface area (Å²) in [6.45, 7) is 2.07. The number of nitrogens with zero attached hydrogens (tertiary/aromatic N) is 2. The van der Waals surface area contributed by atoms with Crippen molar-refractivity contribution < 1.29 is 0 Å². The van der Waals surface area contributed by atoms with E-state index < -0.39 is 0 Å². The van der Waals surface area contributed by atoms with Crippen LogP contribution in [-0.2, 0) is 12.8 Å². The van der Waals surface area contributed by atoms with Crippen LogP contribution < -0.4 is 5.73 Å². The zero-order valence-electron chi connectivity index (χ0n) is 9.93. The molecule has 2 aromatic heterocycles. The van der Waals surface area contributed by atoms with Crippen molar-refractivity contribution in [2.24, 2.45) is 5.73 Å². The topological polar surface area (TPSA) is 51.8 Å². The lowest BCUT2D eigenvalue weighted by molar-refractivity contribution is 0.680. The van der Waals surface area contributed by atoms with Gasteiger partial charge < -0.3 is 5.73 Å². The summed E-state index contributed by atoms with van der Waals surface area (Å²) in [7, 11) is 0. The second-order valence-corrected chi connectivity index (χ2v) is 6.11. The Morgan fingerprint density at radius 3 is 2.94 bits per heavy atom. The number of aryl methyl sites for hydroxylation is 2. The summed E-state index contributed by atoms with van der Waals surface area (Å²) in [5.74, 6) is 0. The normalized spacial score (nSPS) is 12.8. The molecule has 0 aliphatic carbocycles. The zero-order chi connectivity index (χ0) is 12.1. The lowest BCUT2D eigenvalue weighted by Crippen LogP contribution is -2.07. The lowest BCUT2D eigenvalue weighted by Gasteiger charge is -2.00. The molecule has 1 atom stereocenters. The van der Waals surface area contributed by atoms with Crippen LogP contribution >= 0.6 is 22.7 Å². The van der Waals surface area contributed by atoms with Gasteiger partial charge in [-0.1, -0.05) is 24.3 Å². The van der Waals surface area contributed by atoms with Gasteiger partial charge in [-0.3, -0.25) is 0 Å². The van der Waals surface area contributed by atoms with Gasteiger partial charge in [-0.15, -0.1) is 21.5 Å². The van der Waals surface area contributed by atoms with E-state index in [1.165, 1.54) is 4.88 Å². The first-order chi connectivity index (χ1) is 8.29. The first-order valence-electron chi connectivity index (χ1n) is 5.90. The Hall–Kier alpha value is -0.780. The van der Waals surface area contributed by atoms with Crippen molar-refractivity contribution in [3.05, 3.63) is 32.4 Å². The number of nitrogens with two attached hydrogens (primary N) is 1. The number of hydrogen-bond acceptors (Lipinski definition) is 5. The van der Waals surface area contributed by atoms with Gasteiger partial charge in [0.2, 0.25) is 0 Å². The summed E-state index contributed by atoms with van der Waals surface area (Å²) >= 11 is 3.48. The van der Waals surface area contributed by atoms with Crippen molar-refractivity contribution in [2.45, 2.75) is 38.6 Å². The predicted octanol–water partition coefficient (Wildman–Crippen LogP) is 3.18. The Labute approximate surface area is 110 Å². The summed E-state index contributed by atoms with van der Waals surface area (Å²) in [5.41, 5.74) is 5.92. The summed E-state index contributed by atoms with van der Waals surface area (Å²) < 4.78 is 0. The molecule has 0 amide bonds. The van der Waals surface area contributed by atoms with Crippen LogP contribution in [0, 0.1) is 0 Å². The Balaban J connectivity index is 1.81. The molecule has 2 heterocycles. The molecule has 0 spiro atoms. The molecule has 2 N–H and O–H groups in total. The minimum Gasteiger partial charge on any atom is -0.322 e. The Bertz CT molecular complexity index is 436. The average molecular weight is 267 g/mol. The van der Waals surface area contributed by atoms with Gasteiger partial charge in [0.05, 0.1) is 6.04 Å². The third kappa shape index (κ3) is 3.59. The SMILES string of the molecule is CCC(N)c1nnc(CCCc2cccs2)s1. The summed E-state index contributed by atoms with van der Waals surface area (Å²) in [6.07, 6.45) is 4.19. The van der Waals surface area contributed by atoms with E-state index in [1.54, 1.807) is 11.3 Å². The minimum absolute atomic E-state index is 0.0542. The van der Waals surface area contributed by atoms with Crippen molar-refractivity contribution in [2.75, 3.05) is 0 Å². The molecule has 0 aliphatic rings. The molecule has 92 valence electrons. The highest BCUT2D eigenvalue weighted by Crippen LogP contribution is 2.20. The van der Waals surface area contributed by atoms with E-state index in [4.69, 9.17) is 5.73 Å². The smallest absolute Gasteiger partial charge is 0.134 e. The monoisotopic (exact) mass is 267 g/mol. The molecule has 5 heteroatoms. The van der Waals surface area contributed by atoms with Gasteiger partial charge in [0.25, 0.3) is 0 Å². The van der Waals surface area contributed by atoms with Crippen LogP contribution in [0.1, 0.15) is 40.7 Å². The fraction of sp³-hybridized carbons (Fsp3) is 0.500. The first kappa shape index (κ1) is 12.7. The highest BCUT2D eigenvalue weighted by atomic mass is 32.1. The molecule has 0 radical (unpaired) electrons. The van der Waals surface area contributed by atoms with Gasteiger partial charge in [0, 0.05) is 11.3 Å². The average Bonchev–Trinajstić information content (AvgIpc) is 2.99. The molecular weight excluding hydrogens is 250 g/mol. The van der Waals surface area contributed by atoms with E-state index in [0.29, 0.717) is 0 Å². The third-order valence-electron chi connectivity index (χ3n) is 2.63. The van der Waals surface area contributed by atoms with Crippen molar-refractivity contribution in [3.8, 4) is 0 Å². The predicted molar refractivity (Wildman–Crippen MR) is 73.5 cm³/mol. The number of aromatic nitrogens is 2. The second-order valence-electron chi connectivity index (χ2n) is 3.98. The van der Waals surface area contributed by atoms with Crippen LogP contribution in [-0.4, -0.2) is 10.2 Å². The Morgan fingerprint density at radius 2 is 2.24 bits per heavy atom. The van der Waals surface area contributed by atoms with Gasteiger partial charge in [0.15, 0.2) is 0 Å². The molecule has 0 aromatic carbocycles. The van der Waals surface area contributed by atoms with Gasteiger partial charge in [0.1, 0.15) is 10.0 Å². The van der Waals surface area contributed by atoms with E-state index in [1.807, 2.05) is 11.3 Å². The molecular formula is C12H17N3S2. The van der Waals surface area contributed by atoms with E-state index in [9.17, 15) is 0 Å². The van der Waals surface area contributed by atoms with Crippen molar-refractivity contribution in [1.82, 2.24) is 10.2 Å². The van der Waals surface area contributed by atoms with E-state index >= 15 is 0 Å². The van der Waals surface area contributed by atoms with Crippen LogP contribution in [0.2, 0.25) is 0 Å². The highest BCUT2D eigenvalue weighted by Gasteiger charge is 2.10. The molecule has 0 aliphatic heterocycles. The molecule has 0 fully saturated rings. The van der Waals surface area contributed by atoms with Gasteiger partial charge in [-0.25, -0.2) is 0 Å². The van der Waals surface area contributed by atoms with Crippen molar-refractivity contribution in [1.29, 1.82) is 0 Å². The summed E-state index contributed by atoms with van der Waals surface area (Å²) in [6, 6.07) is 4.34. The zero-order valence-corrected chi connectivity index (χ0v) is 11.6. The largest absolute Gasteiger partial charge is 0.322 e. The third-order valence-corrected chi connectivity index (χ3v) is 4.68. The molecule has 17 heavy (non-hydrogen) atoms. The Morgan fingerprint density at radius 1 is 1.35 bits per heavy atom. The standard InChI is InChI=1S/C12H17N3S2/c1-2-10(13)12-15-14-11(17-12)7-3-5-9-6-4-8-16-9/h4,6,8,10H,2-3,5,7,13H2,1H3. The summed E-state index contributed by atoms with van der Waals surface area (Å²) in [5, 5.41) is 12.6. The molecule has 2 aromatic rings. The van der Waals surface area contributed by atoms with Crippen LogP contribution in [0.5, 0.6) is 0 Å². The molecule has 0 saturated heterocycles. The molecule has 1 unspecified atom stereocenters. The second kappa shape index (κ2) is 6.23. The number of rotatable bonds is 6. The molecule has 2 rings (SSSR count). The van der Waals surface area contributed by atoms with Gasteiger partial charge in [-0.2, -0.15) is 0 Å². The van der Waals surface area contributed by atoms with Crippen LogP contribution in [0.4, 0.5) is 0 Å². The van der Waals surface area contributed by atoms with Gasteiger partial charge in [-0.05, 0) is 30.7 Å². The van der Waals surface area contributed by atoms with Crippen LogP contribution in [0.15, 0.2) is 17.5 Å². The van der Waals surface area contributed by atoms with Crippen molar-refractivity contribution >= 4 is 22.7 Å². The maximum Gasteiger partial charge on any atom is 0.134 e. The number of hydrogen-bond donors (Lipinski definition) is 1. The highest BCUT2D eigenvalue weighted by molar-refractivity contribution is 7.11.